The number of aliphatic hydroxyl groups excluding tert-OH is 1. The largest absolute Gasteiger partial charge is 0.573 e. The molecule has 0 saturated carbocycles. The zero-order valence-electron chi connectivity index (χ0n) is 21.1. The first-order valence-corrected chi connectivity index (χ1v) is 12.2. The van der Waals surface area contributed by atoms with Crippen molar-refractivity contribution in [3.05, 3.63) is 94.8 Å². The summed E-state index contributed by atoms with van der Waals surface area (Å²) in [5, 5.41) is 13.3. The Morgan fingerprint density at radius 1 is 0.921 bits per heavy atom. The van der Waals surface area contributed by atoms with Gasteiger partial charge in [-0.3, -0.25) is 5.32 Å². The van der Waals surface area contributed by atoms with Gasteiger partial charge in [-0.25, -0.2) is 0 Å². The molecule has 0 bridgehead atoms. The Morgan fingerprint density at radius 3 is 2.24 bits per heavy atom. The molecule has 0 radical (unpaired) electrons. The molecular weight excluding hydrogens is 512 g/mol. The molecule has 0 saturated heterocycles. The zero-order chi connectivity index (χ0) is 28.0. The summed E-state index contributed by atoms with van der Waals surface area (Å²) in [7, 11) is 0. The topological polar surface area (TPSA) is 50.7 Å². The van der Waals surface area contributed by atoms with Crippen LogP contribution in [0.15, 0.2) is 78.1 Å². The maximum atomic E-state index is 13.3. The fraction of sp³-hybridized carbons (Fsp3) is 0.429. The number of allylic oxidation sites excluding steroid dienone is 2. The molecule has 1 aliphatic carbocycles. The van der Waals surface area contributed by atoms with Crippen LogP contribution in [-0.2, 0) is 27.7 Å². The number of alkyl halides is 6. The van der Waals surface area contributed by atoms with E-state index in [4.69, 9.17) is 4.74 Å². The van der Waals surface area contributed by atoms with Crippen LogP contribution in [0.2, 0.25) is 0 Å². The van der Waals surface area contributed by atoms with Crippen LogP contribution in [-0.4, -0.2) is 36.7 Å². The molecule has 0 aliphatic heterocycles. The minimum absolute atomic E-state index is 0.0186. The van der Waals surface area contributed by atoms with Crippen molar-refractivity contribution in [1.29, 1.82) is 0 Å². The summed E-state index contributed by atoms with van der Waals surface area (Å²) in [5.41, 5.74) is 0.677. The highest BCUT2D eigenvalue weighted by atomic mass is 19.4. The minimum atomic E-state index is -4.90. The first-order valence-electron chi connectivity index (χ1n) is 12.2. The maximum absolute atomic E-state index is 13.3. The van der Waals surface area contributed by atoms with Gasteiger partial charge in [0, 0.05) is 12.0 Å². The van der Waals surface area contributed by atoms with E-state index in [1.54, 1.807) is 32.0 Å². The van der Waals surface area contributed by atoms with Gasteiger partial charge in [0.2, 0.25) is 6.41 Å². The molecule has 2 atom stereocenters. The molecular formula is C28H31F6NO3. The first kappa shape index (κ1) is 29.7. The molecule has 0 amide bonds. The van der Waals surface area contributed by atoms with Gasteiger partial charge >= 0.3 is 12.5 Å². The Morgan fingerprint density at radius 2 is 1.61 bits per heavy atom. The fourth-order valence-electron chi connectivity index (χ4n) is 4.66. The van der Waals surface area contributed by atoms with Crippen LogP contribution in [0.3, 0.4) is 0 Å². The molecule has 38 heavy (non-hydrogen) atoms. The van der Waals surface area contributed by atoms with E-state index in [0.29, 0.717) is 17.6 Å². The lowest BCUT2D eigenvalue weighted by Crippen LogP contribution is -2.47. The molecule has 0 heterocycles. The third-order valence-corrected chi connectivity index (χ3v) is 6.14. The van der Waals surface area contributed by atoms with Crippen LogP contribution in [0, 0.1) is 0 Å². The third kappa shape index (κ3) is 8.89. The van der Waals surface area contributed by atoms with E-state index in [2.05, 4.69) is 10.1 Å². The molecule has 0 aromatic heterocycles. The van der Waals surface area contributed by atoms with E-state index in [1.807, 2.05) is 18.2 Å². The van der Waals surface area contributed by atoms with E-state index >= 15 is 0 Å². The van der Waals surface area contributed by atoms with Crippen LogP contribution < -0.4 is 5.32 Å². The lowest BCUT2D eigenvalue weighted by molar-refractivity contribution is -0.303. The van der Waals surface area contributed by atoms with Crippen LogP contribution >= 0.6 is 0 Å². The highest BCUT2D eigenvalue weighted by Crippen LogP contribution is 2.42. The van der Waals surface area contributed by atoms with E-state index in [-0.39, 0.29) is 36.8 Å². The van der Waals surface area contributed by atoms with Gasteiger partial charge < -0.3 is 14.6 Å². The Labute approximate surface area is 218 Å². The molecule has 2 unspecified atom stereocenters. The summed E-state index contributed by atoms with van der Waals surface area (Å²) in [6.07, 6.45) is -8.81. The highest BCUT2D eigenvalue weighted by molar-refractivity contribution is 5.45. The second-order valence-corrected chi connectivity index (χ2v) is 9.52. The summed E-state index contributed by atoms with van der Waals surface area (Å²) in [6, 6.07) is 15.0. The average Bonchev–Trinajstić information content (AvgIpc) is 2.80. The number of rotatable bonds is 11. The smallest absolute Gasteiger partial charge is 0.406 e. The Hall–Kier alpha value is -2.82. The van der Waals surface area contributed by atoms with Gasteiger partial charge in [0.15, 0.2) is 0 Å². The minimum Gasteiger partial charge on any atom is -0.406 e. The number of ether oxygens (including phenoxy) is 2. The quantitative estimate of drug-likeness (QED) is 0.245. The lowest BCUT2D eigenvalue weighted by Gasteiger charge is -2.40. The molecule has 0 fully saturated rings. The Balaban J connectivity index is 2.16. The zero-order valence-corrected chi connectivity index (χ0v) is 21.1. The molecule has 4 nitrogen and oxygen atoms in total. The number of hydrogen-bond donors (Lipinski definition) is 2. The van der Waals surface area contributed by atoms with Gasteiger partial charge in [-0.15, -0.1) is 13.2 Å². The van der Waals surface area contributed by atoms with Gasteiger partial charge in [-0.2, -0.15) is 13.2 Å². The Kier molecular flexibility index (Phi) is 9.67. The van der Waals surface area contributed by atoms with Crippen LogP contribution in [0.25, 0.3) is 0 Å². The molecule has 0 spiro atoms. The predicted octanol–water partition coefficient (Wildman–Crippen LogP) is 6.70. The van der Waals surface area contributed by atoms with Gasteiger partial charge in [-0.1, -0.05) is 60.2 Å². The number of benzene rings is 2. The molecule has 2 N–H and O–H groups in total. The SMILES string of the molecule is CC(C)OC(O)NCC(Cc1ccccc1)(C1=CC(OC(F)(F)F)=CCC1)c1cccc(CC(F)(F)F)c1. The van der Waals surface area contributed by atoms with E-state index in [1.165, 1.54) is 30.4 Å². The van der Waals surface area contributed by atoms with Crippen molar-refractivity contribution >= 4 is 0 Å². The molecule has 2 aromatic rings. The van der Waals surface area contributed by atoms with Crippen molar-refractivity contribution in [3.8, 4) is 0 Å². The lowest BCUT2D eigenvalue weighted by atomic mass is 9.67. The van der Waals surface area contributed by atoms with Crippen molar-refractivity contribution in [3.63, 3.8) is 0 Å². The number of hydrogen-bond acceptors (Lipinski definition) is 4. The normalized spacial score (nSPS) is 17.0. The highest BCUT2D eigenvalue weighted by Gasteiger charge is 2.40. The second-order valence-electron chi connectivity index (χ2n) is 9.52. The molecule has 2 aromatic carbocycles. The number of halogens is 6. The molecule has 3 rings (SSSR count). The summed E-state index contributed by atoms with van der Waals surface area (Å²) in [6.45, 7) is 3.41. The fourth-order valence-corrected chi connectivity index (χ4v) is 4.66. The second kappa shape index (κ2) is 12.4. The van der Waals surface area contributed by atoms with Gasteiger partial charge in [-0.05, 0) is 62.0 Å². The van der Waals surface area contributed by atoms with Gasteiger partial charge in [0.05, 0.1) is 12.5 Å². The first-order chi connectivity index (χ1) is 17.8. The van der Waals surface area contributed by atoms with Gasteiger partial charge in [0.1, 0.15) is 5.76 Å². The van der Waals surface area contributed by atoms with E-state index < -0.39 is 30.8 Å². The number of nitrogens with one attached hydrogen (secondary N) is 1. The average molecular weight is 544 g/mol. The van der Waals surface area contributed by atoms with Crippen molar-refractivity contribution in [2.45, 2.75) is 70.0 Å². The molecule has 10 heteroatoms. The molecule has 1 aliphatic rings. The van der Waals surface area contributed by atoms with Gasteiger partial charge in [0.25, 0.3) is 0 Å². The van der Waals surface area contributed by atoms with Crippen LogP contribution in [0.1, 0.15) is 43.4 Å². The molecule has 208 valence electrons. The van der Waals surface area contributed by atoms with Crippen molar-refractivity contribution in [2.75, 3.05) is 6.54 Å². The number of aliphatic hydroxyl groups is 1. The predicted molar refractivity (Wildman–Crippen MR) is 131 cm³/mol. The van der Waals surface area contributed by atoms with Crippen molar-refractivity contribution in [2.24, 2.45) is 0 Å². The van der Waals surface area contributed by atoms with Crippen molar-refractivity contribution < 1.29 is 40.9 Å². The summed E-state index contributed by atoms with van der Waals surface area (Å²) >= 11 is 0. The van der Waals surface area contributed by atoms with Crippen LogP contribution in [0.5, 0.6) is 0 Å². The van der Waals surface area contributed by atoms with Crippen molar-refractivity contribution in [1.82, 2.24) is 5.32 Å². The summed E-state index contributed by atoms with van der Waals surface area (Å²) < 4.78 is 88.5. The van der Waals surface area contributed by atoms with E-state index in [9.17, 15) is 31.4 Å². The summed E-state index contributed by atoms with van der Waals surface area (Å²) in [5.74, 6) is -0.387. The van der Waals surface area contributed by atoms with Crippen LogP contribution in [0.4, 0.5) is 26.3 Å². The van der Waals surface area contributed by atoms with E-state index in [0.717, 1.165) is 5.56 Å². The Bertz CT molecular complexity index is 1110. The standard InChI is InChI=1S/C28H31F6NO3/c1-19(2)37-25(36)35-18-26(16-20-8-4-3-5-9-20,22-11-6-10-21(14-22)17-27(29,30)31)23-12-7-13-24(15-23)38-28(32,33)34/h3-6,8-11,13-15,19,25,35-36H,7,12,16-18H2,1-2H3. The monoisotopic (exact) mass is 543 g/mol. The third-order valence-electron chi connectivity index (χ3n) is 6.14. The maximum Gasteiger partial charge on any atom is 0.573 e. The summed E-state index contributed by atoms with van der Waals surface area (Å²) in [4.78, 5) is 0.